The van der Waals surface area contributed by atoms with Gasteiger partial charge in [-0.3, -0.25) is 0 Å². The van der Waals surface area contributed by atoms with Crippen molar-refractivity contribution in [2.24, 2.45) is 7.05 Å². The third-order valence-corrected chi connectivity index (χ3v) is 2.72. The van der Waals surface area contributed by atoms with Crippen LogP contribution in [0.4, 0.5) is 0 Å². The van der Waals surface area contributed by atoms with Crippen LogP contribution in [0.5, 0.6) is 0 Å². The predicted molar refractivity (Wildman–Crippen MR) is 59.2 cm³/mol. The zero-order chi connectivity index (χ0) is 11.0. The van der Waals surface area contributed by atoms with E-state index in [9.17, 15) is 0 Å². The number of hydrogen-bond donors (Lipinski definition) is 1. The molecule has 0 saturated heterocycles. The first kappa shape index (κ1) is 10.1. The van der Waals surface area contributed by atoms with E-state index in [1.165, 1.54) is 0 Å². The standard InChI is InChI=1S/C9H13N5S/c1-6-4-14(9(15)11-6)7(2)8-12-10-5-13(8)3/h4-5,7H,1-3H3,(H,11,15). The Labute approximate surface area is 92.8 Å². The Morgan fingerprint density at radius 1 is 1.53 bits per heavy atom. The maximum Gasteiger partial charge on any atom is 0.178 e. The smallest absolute Gasteiger partial charge is 0.178 e. The molecule has 2 aromatic heterocycles. The van der Waals surface area contributed by atoms with E-state index >= 15 is 0 Å². The second kappa shape index (κ2) is 3.62. The fourth-order valence-corrected chi connectivity index (χ4v) is 1.99. The molecule has 1 atom stereocenters. The van der Waals surface area contributed by atoms with Gasteiger partial charge >= 0.3 is 0 Å². The third-order valence-electron chi connectivity index (χ3n) is 2.41. The largest absolute Gasteiger partial charge is 0.335 e. The lowest BCUT2D eigenvalue weighted by Crippen LogP contribution is -2.11. The molecule has 0 amide bonds. The summed E-state index contributed by atoms with van der Waals surface area (Å²) in [7, 11) is 1.93. The first-order valence-corrected chi connectivity index (χ1v) is 5.12. The van der Waals surface area contributed by atoms with Crippen molar-refractivity contribution in [3.63, 3.8) is 0 Å². The molecule has 0 aliphatic rings. The van der Waals surface area contributed by atoms with Crippen LogP contribution in [0.2, 0.25) is 0 Å². The van der Waals surface area contributed by atoms with Gasteiger partial charge in [0, 0.05) is 18.9 Å². The summed E-state index contributed by atoms with van der Waals surface area (Å²) in [5.74, 6) is 0.894. The van der Waals surface area contributed by atoms with E-state index < -0.39 is 0 Å². The number of aryl methyl sites for hydroxylation is 2. The van der Waals surface area contributed by atoms with Crippen LogP contribution in [-0.4, -0.2) is 24.3 Å². The Morgan fingerprint density at radius 2 is 2.27 bits per heavy atom. The van der Waals surface area contributed by atoms with Crippen molar-refractivity contribution in [3.8, 4) is 0 Å². The highest BCUT2D eigenvalue weighted by molar-refractivity contribution is 7.71. The molecule has 0 aliphatic heterocycles. The normalized spacial score (nSPS) is 13.0. The summed E-state index contributed by atoms with van der Waals surface area (Å²) in [4.78, 5) is 3.09. The molecule has 0 aromatic carbocycles. The van der Waals surface area contributed by atoms with E-state index in [-0.39, 0.29) is 6.04 Å². The Hall–Kier alpha value is -1.43. The van der Waals surface area contributed by atoms with Gasteiger partial charge in [-0.15, -0.1) is 10.2 Å². The lowest BCUT2D eigenvalue weighted by molar-refractivity contribution is 0.567. The minimum Gasteiger partial charge on any atom is -0.335 e. The van der Waals surface area contributed by atoms with Crippen molar-refractivity contribution >= 4 is 12.2 Å². The fraction of sp³-hybridized carbons (Fsp3) is 0.444. The predicted octanol–water partition coefficient (Wildman–Crippen LogP) is 1.59. The lowest BCUT2D eigenvalue weighted by atomic mass is 10.3. The Balaban J connectivity index is 2.45. The number of rotatable bonds is 2. The molecule has 2 rings (SSSR count). The maximum atomic E-state index is 5.22. The number of aromatic nitrogens is 5. The molecule has 0 saturated carbocycles. The van der Waals surface area contributed by atoms with Crippen molar-refractivity contribution in [1.29, 1.82) is 0 Å². The Kier molecular flexibility index (Phi) is 2.44. The molecule has 2 aromatic rings. The number of nitrogens with one attached hydrogen (secondary N) is 1. The Bertz CT molecular complexity index is 521. The van der Waals surface area contributed by atoms with Crippen molar-refractivity contribution in [3.05, 3.63) is 28.8 Å². The average molecular weight is 223 g/mol. The minimum absolute atomic E-state index is 0.0925. The molecule has 0 spiro atoms. The number of hydrogen-bond acceptors (Lipinski definition) is 3. The quantitative estimate of drug-likeness (QED) is 0.787. The van der Waals surface area contributed by atoms with Gasteiger partial charge < -0.3 is 14.1 Å². The number of imidazole rings is 1. The number of nitrogens with zero attached hydrogens (tertiary/aromatic N) is 4. The molecule has 0 fully saturated rings. The van der Waals surface area contributed by atoms with Crippen molar-refractivity contribution in [1.82, 2.24) is 24.3 Å². The van der Waals surface area contributed by atoms with E-state index in [1.54, 1.807) is 6.33 Å². The molecule has 5 nitrogen and oxygen atoms in total. The summed E-state index contributed by atoms with van der Waals surface area (Å²) < 4.78 is 4.59. The summed E-state index contributed by atoms with van der Waals surface area (Å²) >= 11 is 5.22. The zero-order valence-corrected chi connectivity index (χ0v) is 9.75. The van der Waals surface area contributed by atoms with Gasteiger partial charge in [0.25, 0.3) is 0 Å². The average Bonchev–Trinajstić information content (AvgIpc) is 2.71. The molecule has 2 heterocycles. The topological polar surface area (TPSA) is 51.4 Å². The summed E-state index contributed by atoms with van der Waals surface area (Å²) in [6.07, 6.45) is 3.68. The molecule has 0 radical (unpaired) electrons. The van der Waals surface area contributed by atoms with Crippen LogP contribution in [0.1, 0.15) is 24.5 Å². The zero-order valence-electron chi connectivity index (χ0n) is 8.93. The van der Waals surface area contributed by atoms with E-state index in [0.717, 1.165) is 11.5 Å². The minimum atomic E-state index is 0.0925. The van der Waals surface area contributed by atoms with Gasteiger partial charge in [0.1, 0.15) is 6.33 Å². The molecular formula is C9H13N5S. The SMILES string of the molecule is Cc1cn(C(C)c2nncn2C)c(=S)[nH]1. The number of H-pyrrole nitrogens is 1. The van der Waals surface area contributed by atoms with Gasteiger partial charge in [-0.25, -0.2) is 0 Å². The molecule has 0 bridgehead atoms. The maximum absolute atomic E-state index is 5.22. The summed E-state index contributed by atoms with van der Waals surface area (Å²) in [6.45, 7) is 4.03. The van der Waals surface area contributed by atoms with Gasteiger partial charge in [0.05, 0.1) is 6.04 Å². The molecule has 80 valence electrons. The van der Waals surface area contributed by atoms with Gasteiger partial charge in [-0.2, -0.15) is 0 Å². The number of aromatic amines is 1. The second-order valence-electron chi connectivity index (χ2n) is 3.63. The second-order valence-corrected chi connectivity index (χ2v) is 4.01. The van der Waals surface area contributed by atoms with E-state index in [0.29, 0.717) is 4.77 Å². The lowest BCUT2D eigenvalue weighted by Gasteiger charge is -2.11. The third kappa shape index (κ3) is 1.72. The highest BCUT2D eigenvalue weighted by Crippen LogP contribution is 2.15. The van der Waals surface area contributed by atoms with Crippen LogP contribution in [-0.2, 0) is 7.05 Å². The highest BCUT2D eigenvalue weighted by Gasteiger charge is 2.14. The molecular weight excluding hydrogens is 210 g/mol. The van der Waals surface area contributed by atoms with Crippen LogP contribution in [0.25, 0.3) is 0 Å². The van der Waals surface area contributed by atoms with Gasteiger partial charge in [0.15, 0.2) is 10.6 Å². The van der Waals surface area contributed by atoms with Gasteiger partial charge in [-0.05, 0) is 26.1 Å². The molecule has 6 heteroatoms. The summed E-state index contributed by atoms with van der Waals surface area (Å²) in [6, 6.07) is 0.0925. The van der Waals surface area contributed by atoms with Gasteiger partial charge in [0.2, 0.25) is 0 Å². The monoisotopic (exact) mass is 223 g/mol. The van der Waals surface area contributed by atoms with Crippen molar-refractivity contribution in [2.45, 2.75) is 19.9 Å². The first-order chi connectivity index (χ1) is 7.09. The molecule has 1 unspecified atom stereocenters. The molecule has 15 heavy (non-hydrogen) atoms. The van der Waals surface area contributed by atoms with E-state index in [2.05, 4.69) is 15.2 Å². The summed E-state index contributed by atoms with van der Waals surface area (Å²) in [5, 5.41) is 7.93. The Morgan fingerprint density at radius 3 is 2.73 bits per heavy atom. The van der Waals surface area contributed by atoms with Crippen molar-refractivity contribution < 1.29 is 0 Å². The highest BCUT2D eigenvalue weighted by atomic mass is 32.1. The fourth-order valence-electron chi connectivity index (χ4n) is 1.62. The van der Waals surface area contributed by atoms with Gasteiger partial charge in [-0.1, -0.05) is 0 Å². The molecule has 1 N–H and O–H groups in total. The first-order valence-electron chi connectivity index (χ1n) is 4.71. The van der Waals surface area contributed by atoms with Crippen LogP contribution in [0, 0.1) is 11.7 Å². The summed E-state index contributed by atoms with van der Waals surface area (Å²) in [5.41, 5.74) is 1.05. The van der Waals surface area contributed by atoms with Crippen LogP contribution < -0.4 is 0 Å². The van der Waals surface area contributed by atoms with E-state index in [4.69, 9.17) is 12.2 Å². The van der Waals surface area contributed by atoms with E-state index in [1.807, 2.05) is 36.2 Å². The van der Waals surface area contributed by atoms with Crippen LogP contribution in [0.3, 0.4) is 0 Å². The van der Waals surface area contributed by atoms with Crippen molar-refractivity contribution in [2.75, 3.05) is 0 Å². The van der Waals surface area contributed by atoms with Crippen LogP contribution >= 0.6 is 12.2 Å². The van der Waals surface area contributed by atoms with Crippen LogP contribution in [0.15, 0.2) is 12.5 Å². The molecule has 0 aliphatic carbocycles.